The Labute approximate surface area is 121 Å². The first-order chi connectivity index (χ1) is 9.61. The molecule has 0 bridgehead atoms. The van der Waals surface area contributed by atoms with E-state index in [4.69, 9.17) is 5.73 Å². The molecule has 6 heteroatoms. The van der Waals surface area contributed by atoms with Gasteiger partial charge in [-0.2, -0.15) is 0 Å². The fraction of sp³-hybridized carbons (Fsp3) is 0.643. The van der Waals surface area contributed by atoms with Gasteiger partial charge in [-0.15, -0.1) is 0 Å². The molecule has 1 aromatic heterocycles. The van der Waals surface area contributed by atoms with E-state index >= 15 is 0 Å². The summed E-state index contributed by atoms with van der Waals surface area (Å²) >= 11 is 0. The number of nitrogens with zero attached hydrogens (tertiary/aromatic N) is 1. The van der Waals surface area contributed by atoms with E-state index in [-0.39, 0.29) is 11.8 Å². The van der Waals surface area contributed by atoms with Gasteiger partial charge in [-0.25, -0.2) is 13.1 Å². The van der Waals surface area contributed by atoms with Crippen LogP contribution in [0.1, 0.15) is 31.2 Å². The highest BCUT2D eigenvalue weighted by molar-refractivity contribution is 7.89. The number of nitrogens with two attached hydrogens (primary N) is 1. The summed E-state index contributed by atoms with van der Waals surface area (Å²) in [6.07, 6.45) is 8.37. The van der Waals surface area contributed by atoms with Gasteiger partial charge in [-0.1, -0.05) is 12.8 Å². The minimum Gasteiger partial charge on any atom is -0.329 e. The van der Waals surface area contributed by atoms with Crippen LogP contribution >= 0.6 is 0 Å². The second-order valence-corrected chi connectivity index (χ2v) is 7.30. The Bertz CT molecular complexity index is 498. The molecule has 1 aliphatic carbocycles. The predicted molar refractivity (Wildman–Crippen MR) is 79.7 cm³/mol. The number of hydrogen-bond donors (Lipinski definition) is 2. The lowest BCUT2D eigenvalue weighted by molar-refractivity contribution is 0.405. The maximum absolute atomic E-state index is 12.1. The number of sulfonamides is 1. The van der Waals surface area contributed by atoms with E-state index in [2.05, 4.69) is 9.71 Å². The first-order valence-electron chi connectivity index (χ1n) is 7.20. The van der Waals surface area contributed by atoms with Crippen LogP contribution in [0.3, 0.4) is 0 Å². The third-order valence-corrected chi connectivity index (χ3v) is 5.37. The zero-order valence-corrected chi connectivity index (χ0v) is 12.5. The van der Waals surface area contributed by atoms with Crippen LogP contribution in [0.2, 0.25) is 0 Å². The summed E-state index contributed by atoms with van der Waals surface area (Å²) in [5.74, 6) is 0.496. The Balaban J connectivity index is 1.89. The van der Waals surface area contributed by atoms with Crippen LogP contribution < -0.4 is 10.5 Å². The van der Waals surface area contributed by atoms with E-state index < -0.39 is 10.0 Å². The molecule has 0 saturated heterocycles. The average molecular weight is 297 g/mol. The second-order valence-electron chi connectivity index (χ2n) is 5.43. The summed E-state index contributed by atoms with van der Waals surface area (Å²) < 4.78 is 27.1. The van der Waals surface area contributed by atoms with Crippen molar-refractivity contribution >= 4 is 10.0 Å². The molecule has 5 nitrogen and oxygen atoms in total. The smallest absolute Gasteiger partial charge is 0.212 e. The van der Waals surface area contributed by atoms with Crippen molar-refractivity contribution in [2.75, 3.05) is 12.3 Å². The van der Waals surface area contributed by atoms with Gasteiger partial charge >= 0.3 is 0 Å². The summed E-state index contributed by atoms with van der Waals surface area (Å²) in [5.41, 5.74) is 6.71. The largest absolute Gasteiger partial charge is 0.329 e. The Morgan fingerprint density at radius 3 is 2.55 bits per heavy atom. The van der Waals surface area contributed by atoms with E-state index in [9.17, 15) is 8.42 Å². The predicted octanol–water partition coefficient (Wildman–Crippen LogP) is 1.06. The second kappa shape index (κ2) is 7.15. The zero-order valence-electron chi connectivity index (χ0n) is 11.7. The summed E-state index contributed by atoms with van der Waals surface area (Å²) in [4.78, 5) is 3.92. The molecule has 0 radical (unpaired) electrons. The molecule has 1 atom stereocenters. The Hall–Kier alpha value is -0.980. The van der Waals surface area contributed by atoms with Gasteiger partial charge in [-0.3, -0.25) is 4.98 Å². The number of nitrogens with one attached hydrogen (secondary N) is 1. The molecule has 2 rings (SSSR count). The molecule has 1 aliphatic rings. The third kappa shape index (κ3) is 4.54. The summed E-state index contributed by atoms with van der Waals surface area (Å²) in [6.45, 7) is 0.374. The van der Waals surface area contributed by atoms with Crippen LogP contribution in [-0.4, -0.2) is 31.7 Å². The SMILES string of the molecule is NCC(NS(=O)(=O)CCc1ccncc1)C1CCCC1. The summed E-state index contributed by atoms with van der Waals surface area (Å²) in [6, 6.07) is 3.57. The van der Waals surface area contributed by atoms with Crippen molar-refractivity contribution in [3.05, 3.63) is 30.1 Å². The molecule has 112 valence electrons. The Kier molecular flexibility index (Phi) is 5.51. The fourth-order valence-corrected chi connectivity index (χ4v) is 4.16. The lowest BCUT2D eigenvalue weighted by Gasteiger charge is -2.22. The van der Waals surface area contributed by atoms with Crippen molar-refractivity contribution < 1.29 is 8.42 Å². The van der Waals surface area contributed by atoms with Crippen LogP contribution in [0.4, 0.5) is 0 Å². The van der Waals surface area contributed by atoms with E-state index in [1.165, 1.54) is 12.8 Å². The molecule has 1 heterocycles. The van der Waals surface area contributed by atoms with Gasteiger partial charge in [0.15, 0.2) is 0 Å². The van der Waals surface area contributed by atoms with E-state index in [0.29, 0.717) is 18.9 Å². The molecule has 1 aromatic rings. The van der Waals surface area contributed by atoms with Crippen molar-refractivity contribution in [3.63, 3.8) is 0 Å². The monoisotopic (exact) mass is 297 g/mol. The first-order valence-corrected chi connectivity index (χ1v) is 8.85. The molecular weight excluding hydrogens is 274 g/mol. The maximum atomic E-state index is 12.1. The molecule has 0 spiro atoms. The van der Waals surface area contributed by atoms with Gasteiger partial charge in [-0.05, 0) is 42.9 Å². The maximum Gasteiger partial charge on any atom is 0.212 e. The minimum absolute atomic E-state index is 0.0975. The van der Waals surface area contributed by atoms with Crippen LogP contribution in [0.25, 0.3) is 0 Å². The van der Waals surface area contributed by atoms with Crippen LogP contribution in [0.5, 0.6) is 0 Å². The lowest BCUT2D eigenvalue weighted by Crippen LogP contribution is -2.45. The fourth-order valence-electron chi connectivity index (χ4n) is 2.79. The standard InChI is InChI=1S/C14H23N3O2S/c15-11-14(13-3-1-2-4-13)17-20(18,19)10-7-12-5-8-16-9-6-12/h5-6,8-9,13-14,17H,1-4,7,10-11,15H2. The highest BCUT2D eigenvalue weighted by Crippen LogP contribution is 2.27. The molecule has 3 N–H and O–H groups in total. The number of rotatable bonds is 7. The van der Waals surface area contributed by atoms with Gasteiger partial charge in [0, 0.05) is 25.0 Å². The number of aryl methyl sites for hydroxylation is 1. The number of aromatic nitrogens is 1. The molecule has 0 amide bonds. The molecule has 0 aliphatic heterocycles. The highest BCUT2D eigenvalue weighted by atomic mass is 32.2. The normalized spacial score (nSPS) is 18.2. The van der Waals surface area contributed by atoms with Crippen molar-refractivity contribution in [2.24, 2.45) is 11.7 Å². The van der Waals surface area contributed by atoms with E-state index in [1.807, 2.05) is 12.1 Å². The van der Waals surface area contributed by atoms with Gasteiger partial charge in [0.05, 0.1) is 5.75 Å². The third-order valence-electron chi connectivity index (χ3n) is 3.96. The first kappa shape index (κ1) is 15.4. The Morgan fingerprint density at radius 1 is 1.30 bits per heavy atom. The van der Waals surface area contributed by atoms with Gasteiger partial charge < -0.3 is 5.73 Å². The molecular formula is C14H23N3O2S. The van der Waals surface area contributed by atoms with Crippen molar-refractivity contribution in [1.29, 1.82) is 0 Å². The van der Waals surface area contributed by atoms with Crippen LogP contribution in [0, 0.1) is 5.92 Å². The minimum atomic E-state index is -3.28. The Morgan fingerprint density at radius 2 is 1.95 bits per heavy atom. The van der Waals surface area contributed by atoms with Gasteiger partial charge in [0.2, 0.25) is 10.0 Å². The van der Waals surface area contributed by atoms with E-state index in [1.54, 1.807) is 12.4 Å². The average Bonchev–Trinajstić information content (AvgIpc) is 2.98. The van der Waals surface area contributed by atoms with E-state index in [0.717, 1.165) is 18.4 Å². The van der Waals surface area contributed by atoms with Crippen molar-refractivity contribution in [2.45, 2.75) is 38.1 Å². The summed E-state index contributed by atoms with van der Waals surface area (Å²) in [7, 11) is -3.28. The highest BCUT2D eigenvalue weighted by Gasteiger charge is 2.27. The van der Waals surface area contributed by atoms with Gasteiger partial charge in [0.25, 0.3) is 0 Å². The molecule has 1 unspecified atom stereocenters. The molecule has 0 aromatic carbocycles. The van der Waals surface area contributed by atoms with Gasteiger partial charge in [0.1, 0.15) is 0 Å². The quantitative estimate of drug-likeness (QED) is 0.788. The van der Waals surface area contributed by atoms with Crippen LogP contribution in [0.15, 0.2) is 24.5 Å². The topological polar surface area (TPSA) is 85.1 Å². The van der Waals surface area contributed by atoms with Crippen molar-refractivity contribution in [1.82, 2.24) is 9.71 Å². The van der Waals surface area contributed by atoms with Crippen LogP contribution in [-0.2, 0) is 16.4 Å². The number of hydrogen-bond acceptors (Lipinski definition) is 4. The molecule has 20 heavy (non-hydrogen) atoms. The molecule has 1 fully saturated rings. The van der Waals surface area contributed by atoms with Crippen molar-refractivity contribution in [3.8, 4) is 0 Å². The summed E-state index contributed by atoms with van der Waals surface area (Å²) in [5, 5.41) is 0. The zero-order chi connectivity index (χ0) is 14.4. The number of pyridine rings is 1. The lowest BCUT2D eigenvalue weighted by atomic mass is 9.99. The molecule has 1 saturated carbocycles.